The zero-order chi connectivity index (χ0) is 15.4. The molecule has 0 aliphatic heterocycles. The number of halogens is 1. The SMILES string of the molecule is Cc1cc([N+](=O)[O-])cnc1NC(=O)Nc1ccc(Cl)cc1. The molecular weight excluding hydrogens is 296 g/mol. The summed E-state index contributed by atoms with van der Waals surface area (Å²) >= 11 is 5.75. The number of aryl methyl sites for hydroxylation is 1. The fraction of sp³-hybridized carbons (Fsp3) is 0.0769. The van der Waals surface area contributed by atoms with Crippen molar-refractivity contribution in [1.82, 2.24) is 4.98 Å². The Bertz CT molecular complexity index is 688. The first-order valence-corrected chi connectivity index (χ1v) is 6.28. The molecule has 0 unspecified atom stereocenters. The van der Waals surface area contributed by atoms with Crippen molar-refractivity contribution < 1.29 is 9.72 Å². The van der Waals surface area contributed by atoms with E-state index in [2.05, 4.69) is 15.6 Å². The first kappa shape index (κ1) is 14.7. The van der Waals surface area contributed by atoms with Gasteiger partial charge in [-0.15, -0.1) is 0 Å². The van der Waals surface area contributed by atoms with Crippen LogP contribution in [0.4, 0.5) is 22.0 Å². The van der Waals surface area contributed by atoms with Crippen molar-refractivity contribution in [2.75, 3.05) is 10.6 Å². The Morgan fingerprint density at radius 2 is 1.95 bits per heavy atom. The summed E-state index contributed by atoms with van der Waals surface area (Å²) in [5.41, 5.74) is 0.933. The Morgan fingerprint density at radius 1 is 1.29 bits per heavy atom. The molecule has 21 heavy (non-hydrogen) atoms. The first-order chi connectivity index (χ1) is 9.95. The minimum absolute atomic E-state index is 0.129. The van der Waals surface area contributed by atoms with Gasteiger partial charge in [0.25, 0.3) is 5.69 Å². The monoisotopic (exact) mass is 306 g/mol. The van der Waals surface area contributed by atoms with Crippen molar-refractivity contribution in [2.45, 2.75) is 6.92 Å². The van der Waals surface area contributed by atoms with Crippen LogP contribution in [0.15, 0.2) is 36.5 Å². The highest BCUT2D eigenvalue weighted by Crippen LogP contribution is 2.18. The smallest absolute Gasteiger partial charge is 0.308 e. The maximum atomic E-state index is 11.8. The normalized spacial score (nSPS) is 10.0. The quantitative estimate of drug-likeness (QED) is 0.668. The van der Waals surface area contributed by atoms with Gasteiger partial charge in [-0.1, -0.05) is 11.6 Å². The first-order valence-electron chi connectivity index (χ1n) is 5.90. The number of aromatic nitrogens is 1. The zero-order valence-corrected chi connectivity index (χ0v) is 11.7. The molecule has 7 nitrogen and oxygen atoms in total. The molecule has 2 aromatic rings. The van der Waals surface area contributed by atoms with Gasteiger partial charge in [0, 0.05) is 16.8 Å². The number of rotatable bonds is 3. The summed E-state index contributed by atoms with van der Waals surface area (Å²) in [7, 11) is 0. The highest BCUT2D eigenvalue weighted by atomic mass is 35.5. The predicted molar refractivity (Wildman–Crippen MR) is 79.7 cm³/mol. The van der Waals surface area contributed by atoms with E-state index in [0.717, 1.165) is 6.20 Å². The van der Waals surface area contributed by atoms with E-state index in [9.17, 15) is 14.9 Å². The van der Waals surface area contributed by atoms with Gasteiger partial charge in [0.05, 0.1) is 4.92 Å². The summed E-state index contributed by atoms with van der Waals surface area (Å²) in [4.78, 5) is 25.7. The predicted octanol–water partition coefficient (Wildman–Crippen LogP) is 3.60. The summed E-state index contributed by atoms with van der Waals surface area (Å²) in [5, 5.41) is 16.3. The molecular formula is C13H11ClN4O3. The largest absolute Gasteiger partial charge is 0.324 e. The number of nitro groups is 1. The van der Waals surface area contributed by atoms with Crippen LogP contribution < -0.4 is 10.6 Å². The van der Waals surface area contributed by atoms with Gasteiger partial charge in [-0.05, 0) is 36.8 Å². The maximum absolute atomic E-state index is 11.8. The lowest BCUT2D eigenvalue weighted by Gasteiger charge is -2.08. The number of carbonyl (C=O) groups is 1. The second kappa shape index (κ2) is 6.19. The number of nitrogens with zero attached hydrogens (tertiary/aromatic N) is 2. The van der Waals surface area contributed by atoms with Gasteiger partial charge in [-0.25, -0.2) is 9.78 Å². The van der Waals surface area contributed by atoms with Gasteiger partial charge < -0.3 is 5.32 Å². The minimum atomic E-state index is -0.544. The van der Waals surface area contributed by atoms with Crippen LogP contribution in [0.1, 0.15) is 5.56 Å². The van der Waals surface area contributed by atoms with E-state index in [-0.39, 0.29) is 11.5 Å². The van der Waals surface area contributed by atoms with Crippen molar-refractivity contribution in [2.24, 2.45) is 0 Å². The lowest BCUT2D eigenvalue weighted by atomic mass is 10.2. The second-order valence-corrected chi connectivity index (χ2v) is 4.64. The summed E-state index contributed by atoms with van der Waals surface area (Å²) in [6, 6.07) is 7.43. The number of pyridine rings is 1. The third-order valence-electron chi connectivity index (χ3n) is 2.61. The number of amides is 2. The van der Waals surface area contributed by atoms with E-state index in [0.29, 0.717) is 16.3 Å². The fourth-order valence-electron chi connectivity index (χ4n) is 1.59. The van der Waals surface area contributed by atoms with E-state index < -0.39 is 11.0 Å². The average molecular weight is 307 g/mol. The molecule has 2 rings (SSSR count). The molecule has 0 saturated heterocycles. The van der Waals surface area contributed by atoms with E-state index in [1.807, 2.05) is 0 Å². The molecule has 0 saturated carbocycles. The molecule has 1 aromatic heterocycles. The Morgan fingerprint density at radius 3 is 2.52 bits per heavy atom. The molecule has 1 heterocycles. The van der Waals surface area contributed by atoms with Crippen LogP contribution in [0.3, 0.4) is 0 Å². The maximum Gasteiger partial charge on any atom is 0.324 e. The second-order valence-electron chi connectivity index (χ2n) is 4.20. The number of urea groups is 1. The molecule has 1 aromatic carbocycles. The third kappa shape index (κ3) is 3.90. The van der Waals surface area contributed by atoms with Crippen LogP contribution in [0.2, 0.25) is 5.02 Å². The molecule has 0 aliphatic rings. The number of hydrogen-bond donors (Lipinski definition) is 2. The molecule has 0 bridgehead atoms. The van der Waals surface area contributed by atoms with Crippen LogP contribution in [0.5, 0.6) is 0 Å². The molecule has 108 valence electrons. The molecule has 0 radical (unpaired) electrons. The van der Waals surface area contributed by atoms with Gasteiger partial charge in [-0.2, -0.15) is 0 Å². The summed E-state index contributed by atoms with van der Waals surface area (Å²) in [6.07, 6.45) is 1.09. The molecule has 2 N–H and O–H groups in total. The van der Waals surface area contributed by atoms with Gasteiger partial charge in [0.15, 0.2) is 0 Å². The van der Waals surface area contributed by atoms with Crippen LogP contribution >= 0.6 is 11.6 Å². The average Bonchev–Trinajstić information content (AvgIpc) is 2.43. The van der Waals surface area contributed by atoms with Crippen LogP contribution in [-0.2, 0) is 0 Å². The van der Waals surface area contributed by atoms with E-state index in [1.54, 1.807) is 31.2 Å². The van der Waals surface area contributed by atoms with Gasteiger partial charge >= 0.3 is 6.03 Å². The number of hydrogen-bond acceptors (Lipinski definition) is 4. The van der Waals surface area contributed by atoms with Gasteiger partial charge in [0.2, 0.25) is 0 Å². The number of carbonyl (C=O) groups excluding carboxylic acids is 1. The van der Waals surface area contributed by atoms with Crippen LogP contribution in [0, 0.1) is 17.0 Å². The Balaban J connectivity index is 2.06. The topological polar surface area (TPSA) is 97.2 Å². The Hall–Kier alpha value is -2.67. The zero-order valence-electron chi connectivity index (χ0n) is 11.0. The number of anilines is 2. The fourth-order valence-corrected chi connectivity index (χ4v) is 1.72. The highest BCUT2D eigenvalue weighted by Gasteiger charge is 2.11. The van der Waals surface area contributed by atoms with E-state index >= 15 is 0 Å². The number of benzene rings is 1. The molecule has 0 atom stereocenters. The molecule has 0 fully saturated rings. The standard InChI is InChI=1S/C13H11ClN4O3/c1-8-6-11(18(20)21)7-15-12(8)17-13(19)16-10-4-2-9(14)3-5-10/h2-7H,1H3,(H2,15,16,17,19). The lowest BCUT2D eigenvalue weighted by Crippen LogP contribution is -2.20. The minimum Gasteiger partial charge on any atom is -0.308 e. The third-order valence-corrected chi connectivity index (χ3v) is 2.86. The van der Waals surface area contributed by atoms with Crippen molar-refractivity contribution in [3.8, 4) is 0 Å². The van der Waals surface area contributed by atoms with E-state index in [4.69, 9.17) is 11.6 Å². The van der Waals surface area contributed by atoms with Crippen molar-refractivity contribution in [3.05, 3.63) is 57.2 Å². The van der Waals surface area contributed by atoms with Gasteiger partial charge in [0.1, 0.15) is 12.0 Å². The highest BCUT2D eigenvalue weighted by molar-refractivity contribution is 6.30. The summed E-state index contributed by atoms with van der Waals surface area (Å²) in [5.74, 6) is 0.257. The Labute approximate surface area is 125 Å². The van der Waals surface area contributed by atoms with Crippen LogP contribution in [-0.4, -0.2) is 15.9 Å². The van der Waals surface area contributed by atoms with Gasteiger partial charge in [-0.3, -0.25) is 15.4 Å². The number of nitrogens with one attached hydrogen (secondary N) is 2. The van der Waals surface area contributed by atoms with Crippen molar-refractivity contribution >= 4 is 34.8 Å². The summed E-state index contributed by atoms with van der Waals surface area (Å²) < 4.78 is 0. The molecule has 0 aliphatic carbocycles. The summed E-state index contributed by atoms with van der Waals surface area (Å²) in [6.45, 7) is 1.62. The Kier molecular flexibility index (Phi) is 4.34. The van der Waals surface area contributed by atoms with E-state index in [1.165, 1.54) is 6.07 Å². The molecule has 2 amide bonds. The van der Waals surface area contributed by atoms with Crippen LogP contribution in [0.25, 0.3) is 0 Å². The molecule has 0 spiro atoms. The lowest BCUT2D eigenvalue weighted by molar-refractivity contribution is -0.385. The van der Waals surface area contributed by atoms with Crippen molar-refractivity contribution in [1.29, 1.82) is 0 Å². The van der Waals surface area contributed by atoms with Crippen molar-refractivity contribution in [3.63, 3.8) is 0 Å². The molecule has 8 heteroatoms.